The van der Waals surface area contributed by atoms with Gasteiger partial charge in [-0.1, -0.05) is 22.9 Å². The van der Waals surface area contributed by atoms with Gasteiger partial charge in [0.15, 0.2) is 0 Å². The standard InChI is InChI=1S/C14H15BrFNO3/c1-3-14(2,13(19)20)17-12(18)7-4-9-8-10(15)5-6-11(9)16/h4-8H,3H2,1-2H3,(H,17,18)(H,19,20). The first-order valence-electron chi connectivity index (χ1n) is 5.97. The minimum absolute atomic E-state index is 0.239. The van der Waals surface area contributed by atoms with E-state index in [9.17, 15) is 14.0 Å². The van der Waals surface area contributed by atoms with Crippen LogP contribution in [0.2, 0.25) is 0 Å². The predicted octanol–water partition coefficient (Wildman–Crippen LogP) is 2.97. The summed E-state index contributed by atoms with van der Waals surface area (Å²) in [5.41, 5.74) is -1.10. The first kappa shape index (κ1) is 16.4. The monoisotopic (exact) mass is 343 g/mol. The van der Waals surface area contributed by atoms with Gasteiger partial charge in [-0.05, 0) is 37.6 Å². The Kier molecular flexibility index (Phi) is 5.44. The fourth-order valence-corrected chi connectivity index (χ4v) is 1.79. The van der Waals surface area contributed by atoms with Crippen LogP contribution in [0.25, 0.3) is 6.08 Å². The summed E-state index contributed by atoms with van der Waals surface area (Å²) < 4.78 is 14.1. The summed E-state index contributed by atoms with van der Waals surface area (Å²) in [7, 11) is 0. The van der Waals surface area contributed by atoms with Crippen LogP contribution in [-0.4, -0.2) is 22.5 Å². The highest BCUT2D eigenvalue weighted by Crippen LogP contribution is 2.17. The Bertz CT molecular complexity index is 559. The molecule has 1 amide bonds. The van der Waals surface area contributed by atoms with E-state index in [-0.39, 0.29) is 12.0 Å². The molecular weight excluding hydrogens is 329 g/mol. The summed E-state index contributed by atoms with van der Waals surface area (Å²) in [6.07, 6.45) is 2.65. The van der Waals surface area contributed by atoms with Gasteiger partial charge in [-0.3, -0.25) is 4.79 Å². The van der Waals surface area contributed by atoms with E-state index in [4.69, 9.17) is 5.11 Å². The molecule has 0 bridgehead atoms. The van der Waals surface area contributed by atoms with Crippen molar-refractivity contribution in [3.63, 3.8) is 0 Å². The van der Waals surface area contributed by atoms with E-state index in [0.717, 1.165) is 6.08 Å². The number of carbonyl (C=O) groups excluding carboxylic acids is 1. The van der Waals surface area contributed by atoms with E-state index in [1.807, 2.05) is 0 Å². The van der Waals surface area contributed by atoms with Gasteiger partial charge in [0.05, 0.1) is 0 Å². The number of benzene rings is 1. The van der Waals surface area contributed by atoms with Crippen LogP contribution >= 0.6 is 15.9 Å². The molecule has 20 heavy (non-hydrogen) atoms. The first-order chi connectivity index (χ1) is 9.28. The van der Waals surface area contributed by atoms with Gasteiger partial charge in [0.1, 0.15) is 11.4 Å². The number of rotatable bonds is 5. The topological polar surface area (TPSA) is 66.4 Å². The maximum absolute atomic E-state index is 13.5. The van der Waals surface area contributed by atoms with Gasteiger partial charge in [-0.2, -0.15) is 0 Å². The Balaban J connectivity index is 2.83. The number of aliphatic carboxylic acids is 1. The van der Waals surface area contributed by atoms with Crippen LogP contribution in [0.15, 0.2) is 28.7 Å². The lowest BCUT2D eigenvalue weighted by molar-refractivity contribution is -0.146. The van der Waals surface area contributed by atoms with Crippen molar-refractivity contribution in [3.8, 4) is 0 Å². The molecule has 0 fully saturated rings. The fourth-order valence-electron chi connectivity index (χ4n) is 1.41. The zero-order valence-electron chi connectivity index (χ0n) is 11.1. The summed E-state index contributed by atoms with van der Waals surface area (Å²) in [5.74, 6) is -2.17. The summed E-state index contributed by atoms with van der Waals surface area (Å²) in [6.45, 7) is 3.08. The molecule has 0 saturated heterocycles. The van der Waals surface area contributed by atoms with Gasteiger partial charge in [0.25, 0.3) is 0 Å². The molecule has 0 aliphatic rings. The number of amides is 1. The quantitative estimate of drug-likeness (QED) is 0.807. The van der Waals surface area contributed by atoms with E-state index in [2.05, 4.69) is 21.2 Å². The maximum atomic E-state index is 13.5. The fraction of sp³-hybridized carbons (Fsp3) is 0.286. The van der Waals surface area contributed by atoms with Crippen molar-refractivity contribution in [1.29, 1.82) is 0 Å². The number of hydrogen-bond donors (Lipinski definition) is 2. The molecule has 1 aromatic rings. The van der Waals surface area contributed by atoms with Crippen LogP contribution in [0.5, 0.6) is 0 Å². The largest absolute Gasteiger partial charge is 0.480 e. The van der Waals surface area contributed by atoms with Crippen LogP contribution in [0.3, 0.4) is 0 Å². The van der Waals surface area contributed by atoms with Crippen molar-refractivity contribution in [2.24, 2.45) is 0 Å². The number of hydrogen-bond acceptors (Lipinski definition) is 2. The Morgan fingerprint density at radius 2 is 2.15 bits per heavy atom. The average Bonchev–Trinajstić information content (AvgIpc) is 2.39. The van der Waals surface area contributed by atoms with E-state index in [0.29, 0.717) is 4.47 Å². The molecular formula is C14H15BrFNO3. The van der Waals surface area contributed by atoms with Gasteiger partial charge in [-0.25, -0.2) is 9.18 Å². The number of carboxylic acid groups (broad SMARTS) is 1. The van der Waals surface area contributed by atoms with Gasteiger partial charge in [0, 0.05) is 16.1 Å². The highest BCUT2D eigenvalue weighted by atomic mass is 79.9. The lowest BCUT2D eigenvalue weighted by Crippen LogP contribution is -2.51. The van der Waals surface area contributed by atoms with Crippen LogP contribution in [0.1, 0.15) is 25.8 Å². The van der Waals surface area contributed by atoms with Crippen molar-refractivity contribution >= 4 is 33.9 Å². The summed E-state index contributed by atoms with van der Waals surface area (Å²) >= 11 is 3.20. The summed E-state index contributed by atoms with van der Waals surface area (Å²) in [4.78, 5) is 22.8. The Morgan fingerprint density at radius 1 is 1.50 bits per heavy atom. The lowest BCUT2D eigenvalue weighted by Gasteiger charge is -2.23. The second-order valence-corrected chi connectivity index (χ2v) is 5.39. The number of carboxylic acids is 1. The molecule has 0 aliphatic heterocycles. The molecule has 0 aromatic heterocycles. The Morgan fingerprint density at radius 3 is 2.70 bits per heavy atom. The third-order valence-corrected chi connectivity index (χ3v) is 3.44. The van der Waals surface area contributed by atoms with Crippen molar-refractivity contribution in [2.75, 3.05) is 0 Å². The van der Waals surface area contributed by atoms with Crippen LogP contribution in [0.4, 0.5) is 4.39 Å². The van der Waals surface area contributed by atoms with Crippen LogP contribution in [0, 0.1) is 5.82 Å². The molecule has 1 rings (SSSR count). The van der Waals surface area contributed by atoms with Gasteiger partial charge in [0.2, 0.25) is 5.91 Å². The van der Waals surface area contributed by atoms with Crippen molar-refractivity contribution < 1.29 is 19.1 Å². The minimum Gasteiger partial charge on any atom is -0.480 e. The third-order valence-electron chi connectivity index (χ3n) is 2.95. The van der Waals surface area contributed by atoms with E-state index < -0.39 is 23.2 Å². The van der Waals surface area contributed by atoms with Crippen molar-refractivity contribution in [2.45, 2.75) is 25.8 Å². The first-order valence-corrected chi connectivity index (χ1v) is 6.76. The SMILES string of the molecule is CCC(C)(NC(=O)C=Cc1cc(Br)ccc1F)C(=O)O. The number of nitrogens with one attached hydrogen (secondary N) is 1. The second kappa shape index (κ2) is 6.65. The van der Waals surface area contributed by atoms with Gasteiger partial charge >= 0.3 is 5.97 Å². The Labute approximate surface area is 124 Å². The van der Waals surface area contributed by atoms with Crippen LogP contribution < -0.4 is 5.32 Å². The lowest BCUT2D eigenvalue weighted by atomic mass is 9.99. The zero-order valence-corrected chi connectivity index (χ0v) is 12.7. The molecule has 0 saturated carbocycles. The van der Waals surface area contributed by atoms with E-state index >= 15 is 0 Å². The van der Waals surface area contributed by atoms with Crippen molar-refractivity contribution in [1.82, 2.24) is 5.32 Å². The normalized spacial score (nSPS) is 14.0. The molecule has 108 valence electrons. The van der Waals surface area contributed by atoms with E-state index in [1.54, 1.807) is 13.0 Å². The second-order valence-electron chi connectivity index (χ2n) is 4.48. The zero-order chi connectivity index (χ0) is 15.3. The van der Waals surface area contributed by atoms with Crippen LogP contribution in [-0.2, 0) is 9.59 Å². The molecule has 1 aromatic carbocycles. The predicted molar refractivity (Wildman–Crippen MR) is 77.6 cm³/mol. The minimum atomic E-state index is -1.34. The molecule has 2 N–H and O–H groups in total. The highest BCUT2D eigenvalue weighted by Gasteiger charge is 2.31. The molecule has 4 nitrogen and oxygen atoms in total. The molecule has 0 spiro atoms. The third kappa shape index (κ3) is 4.16. The number of carbonyl (C=O) groups is 2. The van der Waals surface area contributed by atoms with Gasteiger partial charge < -0.3 is 10.4 Å². The maximum Gasteiger partial charge on any atom is 0.329 e. The van der Waals surface area contributed by atoms with E-state index in [1.165, 1.54) is 25.1 Å². The molecule has 6 heteroatoms. The van der Waals surface area contributed by atoms with Gasteiger partial charge in [-0.15, -0.1) is 0 Å². The molecule has 0 radical (unpaired) electrons. The Hall–Kier alpha value is -1.69. The molecule has 1 unspecified atom stereocenters. The molecule has 0 heterocycles. The highest BCUT2D eigenvalue weighted by molar-refractivity contribution is 9.10. The molecule has 0 aliphatic carbocycles. The smallest absolute Gasteiger partial charge is 0.329 e. The molecule has 1 atom stereocenters. The average molecular weight is 344 g/mol. The number of halogens is 2. The van der Waals surface area contributed by atoms with Crippen molar-refractivity contribution in [3.05, 3.63) is 40.1 Å². The summed E-state index contributed by atoms with van der Waals surface area (Å²) in [5, 5.41) is 11.4. The summed E-state index contributed by atoms with van der Waals surface area (Å²) in [6, 6.07) is 4.34.